The second-order valence-corrected chi connectivity index (χ2v) is 12.5. The van der Waals surface area contributed by atoms with Crippen LogP contribution >= 0.6 is 0 Å². The van der Waals surface area contributed by atoms with E-state index in [1.165, 1.54) is 0 Å². The van der Waals surface area contributed by atoms with Crippen molar-refractivity contribution in [3.8, 4) is 79.2 Å². The van der Waals surface area contributed by atoms with Gasteiger partial charge in [0.15, 0.2) is 23.3 Å². The Labute approximate surface area is 302 Å². The van der Waals surface area contributed by atoms with Gasteiger partial charge in [0, 0.05) is 33.6 Å². The zero-order valence-electron chi connectivity index (χ0n) is 28.2. The Morgan fingerprint density at radius 2 is 0.500 bits per heavy atom. The number of hydrogen-bond acceptors (Lipinski definition) is 4. The molecular weight excluding hydrogens is 637 g/mol. The highest BCUT2D eigenvalue weighted by Crippen LogP contribution is 2.33. The molecule has 0 fully saturated rings. The molecule has 0 bridgehead atoms. The van der Waals surface area contributed by atoms with Crippen molar-refractivity contribution >= 4 is 0 Å². The molecule has 0 N–H and O–H groups in total. The topological polar surface area (TPSA) is 61.4 Å². The molecule has 0 unspecified atom stereocenters. The fourth-order valence-electron chi connectivity index (χ4n) is 6.64. The highest BCUT2D eigenvalue weighted by molar-refractivity contribution is 5.75. The van der Waals surface area contributed by atoms with E-state index in [-0.39, 0.29) is 0 Å². The van der Waals surface area contributed by atoms with E-state index >= 15 is 0 Å². The van der Waals surface area contributed by atoms with Crippen LogP contribution in [0.25, 0.3) is 79.2 Å². The summed E-state index contributed by atoms with van der Waals surface area (Å²) in [7, 11) is 0. The third-order valence-electron chi connectivity index (χ3n) is 9.23. The lowest BCUT2D eigenvalue weighted by atomic mass is 9.98. The first-order valence-electron chi connectivity index (χ1n) is 17.2. The minimum absolute atomic E-state index is 0.802. The van der Waals surface area contributed by atoms with Crippen LogP contribution in [-0.2, 0) is 0 Å². The van der Waals surface area contributed by atoms with Gasteiger partial charge in [0.25, 0.3) is 0 Å². The molecule has 52 heavy (non-hydrogen) atoms. The Hall–Kier alpha value is -7.18. The van der Waals surface area contributed by atoms with Crippen molar-refractivity contribution < 1.29 is 0 Å². The van der Waals surface area contributed by atoms with E-state index in [2.05, 4.69) is 151 Å². The zero-order chi connectivity index (χ0) is 34.7. The van der Waals surface area contributed by atoms with Gasteiger partial charge in [0.05, 0.1) is 0 Å². The predicted octanol–water partition coefficient (Wildman–Crippen LogP) is 10.8. The molecule has 0 atom stereocenters. The van der Waals surface area contributed by atoms with Gasteiger partial charge in [0.2, 0.25) is 0 Å². The van der Waals surface area contributed by atoms with Gasteiger partial charge in [-0.3, -0.25) is 9.13 Å². The third-order valence-corrected chi connectivity index (χ3v) is 9.23. The first-order valence-corrected chi connectivity index (χ1v) is 17.2. The highest BCUT2D eigenvalue weighted by Gasteiger charge is 2.19. The van der Waals surface area contributed by atoms with Gasteiger partial charge >= 0.3 is 0 Å². The molecule has 246 valence electrons. The smallest absolute Gasteiger partial charge is 0.168 e. The van der Waals surface area contributed by atoms with Crippen LogP contribution in [0.5, 0.6) is 0 Å². The number of hydrogen-bond donors (Lipinski definition) is 0. The monoisotopic (exact) mass is 668 g/mol. The first kappa shape index (κ1) is 30.8. The molecule has 2 aromatic heterocycles. The second-order valence-electron chi connectivity index (χ2n) is 12.5. The van der Waals surface area contributed by atoms with E-state index in [9.17, 15) is 0 Å². The minimum atomic E-state index is 0.802. The molecule has 0 saturated carbocycles. The van der Waals surface area contributed by atoms with E-state index in [0.717, 1.165) is 79.2 Å². The molecule has 9 aromatic rings. The van der Waals surface area contributed by atoms with Crippen LogP contribution in [0.1, 0.15) is 0 Å². The summed E-state index contributed by atoms with van der Waals surface area (Å²) in [6.45, 7) is 0. The molecule has 0 aliphatic rings. The summed E-state index contributed by atoms with van der Waals surface area (Å²) in [6, 6.07) is 66.8. The van der Waals surface area contributed by atoms with Crippen LogP contribution in [0.3, 0.4) is 0 Å². The molecule has 9 rings (SSSR count). The summed E-state index contributed by atoms with van der Waals surface area (Å²) in [5.41, 5.74) is 10.6. The largest absolute Gasteiger partial charge is 0.275 e. The standard InChI is InChI=1S/C46H32N6/c1-5-14-35(15-6-1)43-47-48-44(36-16-7-2-8-17-36)51(43)41-28-24-33(25-29-41)39-22-13-23-40(32-39)34-26-30-42(31-27-34)52-45(37-18-9-3-10-19-37)49-50-46(52)38-20-11-4-12-21-38/h1-32H. The Morgan fingerprint density at radius 3 is 0.788 bits per heavy atom. The number of rotatable bonds is 8. The first-order chi connectivity index (χ1) is 25.8. The zero-order valence-corrected chi connectivity index (χ0v) is 28.2. The van der Waals surface area contributed by atoms with Gasteiger partial charge in [-0.05, 0) is 52.6 Å². The third kappa shape index (κ3) is 5.88. The molecule has 0 aliphatic heterocycles. The molecule has 0 amide bonds. The van der Waals surface area contributed by atoms with Crippen molar-refractivity contribution in [1.29, 1.82) is 0 Å². The van der Waals surface area contributed by atoms with Gasteiger partial charge in [-0.2, -0.15) is 0 Å². The number of aromatic nitrogens is 6. The molecule has 7 aromatic carbocycles. The Morgan fingerprint density at radius 1 is 0.231 bits per heavy atom. The quantitative estimate of drug-likeness (QED) is 0.162. The summed E-state index contributed by atoms with van der Waals surface area (Å²) in [4.78, 5) is 0. The summed E-state index contributed by atoms with van der Waals surface area (Å²) in [6.07, 6.45) is 0. The van der Waals surface area contributed by atoms with Crippen LogP contribution < -0.4 is 0 Å². The number of benzene rings is 7. The summed E-state index contributed by atoms with van der Waals surface area (Å²) in [5, 5.41) is 18.5. The van der Waals surface area contributed by atoms with Gasteiger partial charge in [-0.1, -0.05) is 164 Å². The SMILES string of the molecule is c1ccc(-c2nnc(-c3ccccc3)n2-c2ccc(-c3cccc(-c4ccc(-n5c(-c6ccccc6)nnc5-c5ccccc5)cc4)c3)cc2)cc1. The lowest BCUT2D eigenvalue weighted by molar-refractivity contribution is 1.07. The van der Waals surface area contributed by atoms with E-state index in [1.807, 2.05) is 72.8 Å². The Balaban J connectivity index is 1.04. The average molecular weight is 669 g/mol. The lowest BCUT2D eigenvalue weighted by Gasteiger charge is -2.13. The highest BCUT2D eigenvalue weighted by atomic mass is 15.3. The van der Waals surface area contributed by atoms with Gasteiger partial charge in [-0.15, -0.1) is 20.4 Å². The summed E-state index contributed by atoms with van der Waals surface area (Å²) in [5.74, 6) is 3.21. The van der Waals surface area contributed by atoms with Crippen molar-refractivity contribution in [3.05, 3.63) is 194 Å². The maximum Gasteiger partial charge on any atom is 0.168 e. The van der Waals surface area contributed by atoms with Crippen molar-refractivity contribution in [1.82, 2.24) is 29.5 Å². The van der Waals surface area contributed by atoms with E-state index in [1.54, 1.807) is 0 Å². The van der Waals surface area contributed by atoms with Crippen LogP contribution in [0, 0.1) is 0 Å². The average Bonchev–Trinajstić information content (AvgIpc) is 3.89. The molecular formula is C46H32N6. The molecule has 2 heterocycles. The van der Waals surface area contributed by atoms with Gasteiger partial charge < -0.3 is 0 Å². The van der Waals surface area contributed by atoms with Crippen molar-refractivity contribution in [2.24, 2.45) is 0 Å². The fourth-order valence-corrected chi connectivity index (χ4v) is 6.64. The number of nitrogens with zero attached hydrogens (tertiary/aromatic N) is 6. The van der Waals surface area contributed by atoms with E-state index in [0.29, 0.717) is 0 Å². The molecule has 6 heteroatoms. The molecule has 0 radical (unpaired) electrons. The molecule has 6 nitrogen and oxygen atoms in total. The van der Waals surface area contributed by atoms with Crippen LogP contribution in [-0.4, -0.2) is 29.5 Å². The predicted molar refractivity (Wildman–Crippen MR) is 209 cm³/mol. The summed E-state index contributed by atoms with van der Waals surface area (Å²) < 4.78 is 4.27. The van der Waals surface area contributed by atoms with E-state index in [4.69, 9.17) is 0 Å². The van der Waals surface area contributed by atoms with Crippen LogP contribution in [0.2, 0.25) is 0 Å². The van der Waals surface area contributed by atoms with Crippen molar-refractivity contribution in [3.63, 3.8) is 0 Å². The van der Waals surface area contributed by atoms with Gasteiger partial charge in [-0.25, -0.2) is 0 Å². The maximum absolute atomic E-state index is 4.63. The van der Waals surface area contributed by atoms with Crippen molar-refractivity contribution in [2.75, 3.05) is 0 Å². The van der Waals surface area contributed by atoms with Gasteiger partial charge in [0.1, 0.15) is 0 Å². The molecule has 0 saturated heterocycles. The second kappa shape index (κ2) is 13.6. The molecule has 0 aliphatic carbocycles. The maximum atomic E-state index is 4.63. The van der Waals surface area contributed by atoms with Crippen LogP contribution in [0.15, 0.2) is 194 Å². The summed E-state index contributed by atoms with van der Waals surface area (Å²) >= 11 is 0. The Kier molecular flexibility index (Phi) is 8.08. The minimum Gasteiger partial charge on any atom is -0.275 e. The van der Waals surface area contributed by atoms with Crippen LogP contribution in [0.4, 0.5) is 0 Å². The normalized spacial score (nSPS) is 11.1. The molecule has 0 spiro atoms. The Bertz CT molecular complexity index is 2280. The lowest BCUT2D eigenvalue weighted by Crippen LogP contribution is -2.00. The van der Waals surface area contributed by atoms with E-state index < -0.39 is 0 Å². The fraction of sp³-hybridized carbons (Fsp3) is 0. The van der Waals surface area contributed by atoms with Crippen molar-refractivity contribution in [2.45, 2.75) is 0 Å².